The van der Waals surface area contributed by atoms with Crippen molar-refractivity contribution in [2.24, 2.45) is 0 Å². The van der Waals surface area contributed by atoms with E-state index in [1.807, 2.05) is 42.2 Å². The number of anilines is 2. The Bertz CT molecular complexity index is 1160. The van der Waals surface area contributed by atoms with Crippen LogP contribution < -0.4 is 15.0 Å². The van der Waals surface area contributed by atoms with Crippen molar-refractivity contribution >= 4 is 23.3 Å². The Balaban J connectivity index is 1.56. The number of hydrogen-bond acceptors (Lipinski definition) is 3. The van der Waals surface area contributed by atoms with Crippen molar-refractivity contribution in [3.05, 3.63) is 89.0 Å². The number of aryl methyl sites for hydroxylation is 2. The summed E-state index contributed by atoms with van der Waals surface area (Å²) in [5, 5.41) is 3.00. The second-order valence-corrected chi connectivity index (χ2v) is 8.40. The Morgan fingerprint density at radius 2 is 1.73 bits per heavy atom. The third kappa shape index (κ3) is 5.17. The molecule has 6 heteroatoms. The van der Waals surface area contributed by atoms with Gasteiger partial charge in [-0.15, -0.1) is 0 Å². The fourth-order valence-corrected chi connectivity index (χ4v) is 4.10. The number of urea groups is 1. The molecule has 4 rings (SSSR count). The second kappa shape index (κ2) is 9.77. The number of nitrogens with zero attached hydrogens (tertiary/aromatic N) is 2. The molecule has 1 aliphatic rings. The maximum absolute atomic E-state index is 13.4. The number of hydrogen-bond donors (Lipinski definition) is 1. The van der Waals surface area contributed by atoms with E-state index in [0.29, 0.717) is 42.3 Å². The Labute approximate surface area is 194 Å². The number of carbonyl (C=O) groups is 2. The predicted molar refractivity (Wildman–Crippen MR) is 131 cm³/mol. The van der Waals surface area contributed by atoms with Crippen LogP contribution in [0.1, 0.15) is 33.5 Å². The van der Waals surface area contributed by atoms with E-state index in [0.717, 1.165) is 17.5 Å². The van der Waals surface area contributed by atoms with Crippen LogP contribution in [-0.4, -0.2) is 37.0 Å². The van der Waals surface area contributed by atoms with Crippen LogP contribution in [0.5, 0.6) is 5.75 Å². The Morgan fingerprint density at radius 3 is 2.45 bits per heavy atom. The van der Waals surface area contributed by atoms with Crippen molar-refractivity contribution in [2.75, 3.05) is 30.4 Å². The first-order valence-electron chi connectivity index (χ1n) is 11.1. The van der Waals surface area contributed by atoms with Crippen LogP contribution >= 0.6 is 0 Å². The van der Waals surface area contributed by atoms with Gasteiger partial charge in [-0.3, -0.25) is 9.69 Å². The second-order valence-electron chi connectivity index (χ2n) is 8.40. The topological polar surface area (TPSA) is 61.9 Å². The lowest BCUT2D eigenvalue weighted by Gasteiger charge is -2.36. The van der Waals surface area contributed by atoms with Gasteiger partial charge in [-0.1, -0.05) is 35.9 Å². The van der Waals surface area contributed by atoms with Gasteiger partial charge in [-0.2, -0.15) is 0 Å². The van der Waals surface area contributed by atoms with Gasteiger partial charge in [0.2, 0.25) is 0 Å². The predicted octanol–water partition coefficient (Wildman–Crippen LogP) is 5.40. The van der Waals surface area contributed by atoms with E-state index < -0.39 is 0 Å². The number of ether oxygens (including phenoxy) is 1. The van der Waals surface area contributed by atoms with Crippen LogP contribution in [0, 0.1) is 13.8 Å². The van der Waals surface area contributed by atoms with Crippen molar-refractivity contribution in [1.29, 1.82) is 0 Å². The van der Waals surface area contributed by atoms with E-state index in [9.17, 15) is 9.59 Å². The average molecular weight is 444 g/mol. The number of amides is 3. The van der Waals surface area contributed by atoms with Gasteiger partial charge in [-0.05, 0) is 67.8 Å². The van der Waals surface area contributed by atoms with Crippen LogP contribution in [0.25, 0.3) is 0 Å². The number of benzene rings is 3. The largest absolute Gasteiger partial charge is 0.497 e. The van der Waals surface area contributed by atoms with Gasteiger partial charge in [0, 0.05) is 25.2 Å². The molecule has 0 atom stereocenters. The molecule has 6 nitrogen and oxygen atoms in total. The molecule has 0 aliphatic carbocycles. The lowest BCUT2D eigenvalue weighted by Crippen LogP contribution is -2.49. The van der Waals surface area contributed by atoms with E-state index >= 15 is 0 Å². The molecule has 0 saturated carbocycles. The highest BCUT2D eigenvalue weighted by Gasteiger charge is 2.28. The van der Waals surface area contributed by atoms with Gasteiger partial charge in [-0.25, -0.2) is 4.79 Å². The highest BCUT2D eigenvalue weighted by atomic mass is 16.5. The van der Waals surface area contributed by atoms with Crippen LogP contribution in [0.15, 0.2) is 66.7 Å². The van der Waals surface area contributed by atoms with Crippen LogP contribution in [0.3, 0.4) is 0 Å². The van der Waals surface area contributed by atoms with Gasteiger partial charge in [0.05, 0.1) is 18.5 Å². The number of rotatable bonds is 6. The van der Waals surface area contributed by atoms with Crippen molar-refractivity contribution in [3.8, 4) is 5.75 Å². The van der Waals surface area contributed by atoms with Crippen molar-refractivity contribution in [1.82, 2.24) is 4.90 Å². The van der Waals surface area contributed by atoms with E-state index in [1.54, 1.807) is 36.3 Å². The Morgan fingerprint density at radius 1 is 0.970 bits per heavy atom. The summed E-state index contributed by atoms with van der Waals surface area (Å²) < 4.78 is 5.17. The molecule has 1 N–H and O–H groups in total. The minimum atomic E-state index is -0.231. The average Bonchev–Trinajstić information content (AvgIpc) is 2.81. The molecular weight excluding hydrogens is 414 g/mol. The summed E-state index contributed by atoms with van der Waals surface area (Å²) in [6, 6.07) is 20.9. The lowest BCUT2D eigenvalue weighted by atomic mass is 10.1. The standard InChI is InChI=1S/C27H29N3O3/c1-19-6-4-7-21(16-19)18-29-14-5-15-30(27(29)32)25-13-8-20(2)17-24(25)28-26(31)22-9-11-23(33-3)12-10-22/h4,6-13,16-17H,5,14-15,18H2,1-3H3,(H,28,31). The maximum atomic E-state index is 13.4. The van der Waals surface area contributed by atoms with E-state index in [2.05, 4.69) is 24.4 Å². The molecule has 170 valence electrons. The fraction of sp³-hybridized carbons (Fsp3) is 0.259. The minimum absolute atomic E-state index is 0.0495. The first kappa shape index (κ1) is 22.4. The van der Waals surface area contributed by atoms with Gasteiger partial charge in [0.15, 0.2) is 0 Å². The zero-order valence-corrected chi connectivity index (χ0v) is 19.3. The molecule has 3 aromatic rings. The fourth-order valence-electron chi connectivity index (χ4n) is 4.10. The van der Waals surface area contributed by atoms with E-state index in [1.165, 1.54) is 5.56 Å². The summed E-state index contributed by atoms with van der Waals surface area (Å²) in [4.78, 5) is 30.0. The van der Waals surface area contributed by atoms with Gasteiger partial charge in [0.25, 0.3) is 5.91 Å². The quantitative estimate of drug-likeness (QED) is 0.555. The van der Waals surface area contributed by atoms with Crippen LogP contribution in [0.2, 0.25) is 0 Å². The van der Waals surface area contributed by atoms with Gasteiger partial charge >= 0.3 is 6.03 Å². The van der Waals surface area contributed by atoms with Crippen molar-refractivity contribution in [2.45, 2.75) is 26.8 Å². The van der Waals surface area contributed by atoms with Crippen LogP contribution in [0.4, 0.5) is 16.2 Å². The molecule has 0 spiro atoms. The van der Waals surface area contributed by atoms with E-state index in [4.69, 9.17) is 4.74 Å². The van der Waals surface area contributed by atoms with Crippen molar-refractivity contribution < 1.29 is 14.3 Å². The highest BCUT2D eigenvalue weighted by Crippen LogP contribution is 2.31. The summed E-state index contributed by atoms with van der Waals surface area (Å²) in [5.74, 6) is 0.459. The summed E-state index contributed by atoms with van der Waals surface area (Å²) in [6.07, 6.45) is 0.858. The van der Waals surface area contributed by atoms with E-state index in [-0.39, 0.29) is 11.9 Å². The molecule has 1 saturated heterocycles. The first-order chi connectivity index (χ1) is 15.9. The Hall–Kier alpha value is -3.80. The molecule has 0 radical (unpaired) electrons. The number of carbonyl (C=O) groups excluding carboxylic acids is 2. The van der Waals surface area contributed by atoms with Crippen molar-refractivity contribution in [3.63, 3.8) is 0 Å². The summed E-state index contributed by atoms with van der Waals surface area (Å²) >= 11 is 0. The SMILES string of the molecule is COc1ccc(C(=O)Nc2cc(C)ccc2N2CCCN(Cc3cccc(C)c3)C2=O)cc1. The van der Waals surface area contributed by atoms with Crippen LogP contribution in [-0.2, 0) is 6.54 Å². The minimum Gasteiger partial charge on any atom is -0.497 e. The number of nitrogens with one attached hydrogen (secondary N) is 1. The molecule has 0 unspecified atom stereocenters. The molecule has 0 aromatic heterocycles. The molecule has 33 heavy (non-hydrogen) atoms. The maximum Gasteiger partial charge on any atom is 0.324 e. The zero-order valence-electron chi connectivity index (χ0n) is 19.3. The number of methoxy groups -OCH3 is 1. The van der Waals surface area contributed by atoms with Gasteiger partial charge in [0.1, 0.15) is 5.75 Å². The summed E-state index contributed by atoms with van der Waals surface area (Å²) in [5.41, 5.74) is 5.15. The molecule has 3 aromatic carbocycles. The summed E-state index contributed by atoms with van der Waals surface area (Å²) in [6.45, 7) is 5.91. The smallest absolute Gasteiger partial charge is 0.324 e. The third-order valence-electron chi connectivity index (χ3n) is 5.81. The first-order valence-corrected chi connectivity index (χ1v) is 11.1. The molecule has 1 fully saturated rings. The molecular formula is C27H29N3O3. The molecule has 1 heterocycles. The molecule has 0 bridgehead atoms. The van der Waals surface area contributed by atoms with Gasteiger partial charge < -0.3 is 15.0 Å². The third-order valence-corrected chi connectivity index (χ3v) is 5.81. The Kier molecular flexibility index (Phi) is 6.63. The lowest BCUT2D eigenvalue weighted by molar-refractivity contribution is 0.102. The molecule has 1 aliphatic heterocycles. The summed E-state index contributed by atoms with van der Waals surface area (Å²) in [7, 11) is 1.59. The molecule has 3 amide bonds. The monoisotopic (exact) mass is 443 g/mol. The zero-order chi connectivity index (χ0) is 23.4. The highest BCUT2D eigenvalue weighted by molar-refractivity contribution is 6.07. The normalized spacial score (nSPS) is 13.7.